The van der Waals surface area contributed by atoms with Crippen molar-refractivity contribution in [2.45, 2.75) is 13.8 Å². The molecule has 0 saturated carbocycles. The molecule has 1 rings (SSSR count). The number of nitrogens with zero attached hydrogens (tertiary/aromatic N) is 1. The van der Waals surface area contributed by atoms with E-state index in [0.29, 0.717) is 0 Å². The smallest absolute Gasteiger partial charge is 0.324 e. The molecule has 1 N–H and O–H groups in total. The number of aryl methyl sites for hydroxylation is 2. The molecule has 0 saturated heterocycles. The third-order valence-corrected chi connectivity index (χ3v) is 1.94. The van der Waals surface area contributed by atoms with Crippen LogP contribution < -0.4 is 5.32 Å². The third kappa shape index (κ3) is 3.20. The summed E-state index contributed by atoms with van der Waals surface area (Å²) in [6.45, 7) is 3.85. The summed E-state index contributed by atoms with van der Waals surface area (Å²) in [5.74, 6) is 0. The molecule has 1 aromatic rings. The van der Waals surface area contributed by atoms with Crippen LogP contribution in [0, 0.1) is 24.0 Å². The van der Waals surface area contributed by atoms with Crippen LogP contribution in [0.4, 0.5) is 5.69 Å². The van der Waals surface area contributed by atoms with Crippen molar-refractivity contribution < 1.29 is 9.72 Å². The number of carbonyl (C=O) groups is 1. The second-order valence-corrected chi connectivity index (χ2v) is 3.46. The van der Waals surface area contributed by atoms with Gasteiger partial charge in [-0.3, -0.25) is 14.9 Å². The highest BCUT2D eigenvalue weighted by Gasteiger charge is 2.07. The molecule has 0 spiro atoms. The molecule has 84 valence electrons. The van der Waals surface area contributed by atoms with Gasteiger partial charge < -0.3 is 5.32 Å². The summed E-state index contributed by atoms with van der Waals surface area (Å²) in [7, 11) is 0. The lowest BCUT2D eigenvalue weighted by Crippen LogP contribution is -2.03. The first kappa shape index (κ1) is 11.9. The summed E-state index contributed by atoms with van der Waals surface area (Å²) in [5, 5.41) is 13.1. The van der Waals surface area contributed by atoms with Crippen molar-refractivity contribution in [1.29, 1.82) is 0 Å². The first-order valence-electron chi connectivity index (χ1n) is 4.67. The van der Waals surface area contributed by atoms with Crippen molar-refractivity contribution in [3.63, 3.8) is 0 Å². The third-order valence-electron chi connectivity index (χ3n) is 1.94. The Morgan fingerprint density at radius 2 is 1.88 bits per heavy atom. The number of rotatable bonds is 4. The van der Waals surface area contributed by atoms with E-state index in [9.17, 15) is 14.9 Å². The normalized spacial score (nSPS) is 11.0. The lowest BCUT2D eigenvalue weighted by Gasteiger charge is -2.03. The second kappa shape index (κ2) is 5.06. The molecule has 0 atom stereocenters. The molecule has 0 aliphatic carbocycles. The van der Waals surface area contributed by atoms with Crippen LogP contribution in [0.3, 0.4) is 0 Å². The molecule has 0 aromatic heterocycles. The van der Waals surface area contributed by atoms with E-state index >= 15 is 0 Å². The Labute approximate surface area is 92.9 Å². The molecule has 1 aromatic carbocycles. The monoisotopic (exact) mass is 220 g/mol. The molecule has 0 aliphatic rings. The Kier molecular flexibility index (Phi) is 3.77. The molecule has 0 radical (unpaired) electrons. The number of nitro groups is 1. The standard InChI is InChI=1S/C11H12N2O3/c1-8-3-9(2)5-10(4-8)12-6-11(7-14)13(15)16/h3-7,12H,1-2H3/b11-6+. The van der Waals surface area contributed by atoms with Crippen LogP contribution in [0.1, 0.15) is 11.1 Å². The number of allylic oxidation sites excluding steroid dienone is 1. The minimum absolute atomic E-state index is 0.204. The number of carbonyl (C=O) groups excluding carboxylic acids is 1. The first-order valence-corrected chi connectivity index (χ1v) is 4.67. The van der Waals surface area contributed by atoms with Crippen LogP contribution in [-0.4, -0.2) is 11.2 Å². The Bertz CT molecular complexity index is 432. The maximum absolute atomic E-state index is 10.4. The van der Waals surface area contributed by atoms with Crippen molar-refractivity contribution in [2.75, 3.05) is 5.32 Å². The van der Waals surface area contributed by atoms with Crippen LogP contribution in [0.15, 0.2) is 30.1 Å². The molecule has 0 aliphatic heterocycles. The first-order chi connectivity index (χ1) is 7.52. The molecule has 0 unspecified atom stereocenters. The Hall–Kier alpha value is -2.17. The highest BCUT2D eigenvalue weighted by molar-refractivity contribution is 5.70. The van der Waals surface area contributed by atoms with E-state index < -0.39 is 10.6 Å². The molecule has 0 bridgehead atoms. The van der Waals surface area contributed by atoms with Gasteiger partial charge in [-0.1, -0.05) is 6.07 Å². The average molecular weight is 220 g/mol. The SMILES string of the molecule is Cc1cc(C)cc(N/C=C(\C=O)[N+](=O)[O-])c1. The van der Waals surface area contributed by atoms with E-state index in [1.165, 1.54) is 0 Å². The predicted octanol–water partition coefficient (Wildman–Crippen LogP) is 2.03. The van der Waals surface area contributed by atoms with Crippen molar-refractivity contribution >= 4 is 12.0 Å². The Morgan fingerprint density at radius 1 is 1.31 bits per heavy atom. The van der Waals surface area contributed by atoms with Gasteiger partial charge in [0.05, 0.1) is 11.1 Å². The molecule has 16 heavy (non-hydrogen) atoms. The van der Waals surface area contributed by atoms with Gasteiger partial charge in [-0.25, -0.2) is 0 Å². The van der Waals surface area contributed by atoms with Crippen molar-refractivity contribution in [3.05, 3.63) is 51.3 Å². The molecule has 0 fully saturated rings. The summed E-state index contributed by atoms with van der Waals surface area (Å²) < 4.78 is 0. The number of aldehydes is 1. The number of hydrogen-bond acceptors (Lipinski definition) is 4. The average Bonchev–Trinajstić information content (AvgIpc) is 2.16. The fourth-order valence-corrected chi connectivity index (χ4v) is 1.35. The summed E-state index contributed by atoms with van der Waals surface area (Å²) in [6.07, 6.45) is 1.29. The van der Waals surface area contributed by atoms with E-state index in [0.717, 1.165) is 23.0 Å². The van der Waals surface area contributed by atoms with Gasteiger partial charge in [-0.05, 0) is 37.1 Å². The minimum Gasteiger partial charge on any atom is -0.356 e. The maximum Gasteiger partial charge on any atom is 0.324 e. The number of nitrogens with one attached hydrogen (secondary N) is 1. The van der Waals surface area contributed by atoms with Gasteiger partial charge >= 0.3 is 5.70 Å². The zero-order valence-corrected chi connectivity index (χ0v) is 9.06. The molecular weight excluding hydrogens is 208 g/mol. The van der Waals surface area contributed by atoms with E-state index in [4.69, 9.17) is 0 Å². The van der Waals surface area contributed by atoms with Gasteiger partial charge in [-0.2, -0.15) is 0 Å². The van der Waals surface area contributed by atoms with E-state index in [-0.39, 0.29) is 6.29 Å². The predicted molar refractivity (Wildman–Crippen MR) is 60.7 cm³/mol. The van der Waals surface area contributed by atoms with Crippen LogP contribution in [0.5, 0.6) is 0 Å². The van der Waals surface area contributed by atoms with E-state index in [1.807, 2.05) is 32.0 Å². The summed E-state index contributed by atoms with van der Waals surface area (Å²) in [4.78, 5) is 20.0. The zero-order valence-electron chi connectivity index (χ0n) is 9.06. The van der Waals surface area contributed by atoms with Crippen LogP contribution in [0.25, 0.3) is 0 Å². The van der Waals surface area contributed by atoms with E-state index in [1.54, 1.807) is 0 Å². The Balaban J connectivity index is 2.88. The summed E-state index contributed by atoms with van der Waals surface area (Å²) in [5.41, 5.74) is 2.31. The van der Waals surface area contributed by atoms with Gasteiger partial charge in [-0.15, -0.1) is 0 Å². The quantitative estimate of drug-likeness (QED) is 0.364. The van der Waals surface area contributed by atoms with Crippen LogP contribution in [-0.2, 0) is 4.79 Å². The fourth-order valence-electron chi connectivity index (χ4n) is 1.35. The highest BCUT2D eigenvalue weighted by atomic mass is 16.6. The minimum atomic E-state index is -0.733. The van der Waals surface area contributed by atoms with Gasteiger partial charge in [0.2, 0.25) is 6.29 Å². The number of benzene rings is 1. The molecule has 0 heterocycles. The van der Waals surface area contributed by atoms with E-state index in [2.05, 4.69) is 5.32 Å². The highest BCUT2D eigenvalue weighted by Crippen LogP contribution is 2.13. The lowest BCUT2D eigenvalue weighted by atomic mass is 10.1. The zero-order chi connectivity index (χ0) is 12.1. The van der Waals surface area contributed by atoms with Gasteiger partial charge in [0.1, 0.15) is 0 Å². The molecule has 0 amide bonds. The summed E-state index contributed by atoms with van der Waals surface area (Å²) >= 11 is 0. The molecular formula is C11H12N2O3. The maximum atomic E-state index is 10.4. The van der Waals surface area contributed by atoms with Crippen molar-refractivity contribution in [2.24, 2.45) is 0 Å². The Morgan fingerprint density at radius 3 is 2.31 bits per heavy atom. The fraction of sp³-hybridized carbons (Fsp3) is 0.182. The van der Waals surface area contributed by atoms with Crippen molar-refractivity contribution in [1.82, 2.24) is 0 Å². The number of anilines is 1. The molecule has 5 nitrogen and oxygen atoms in total. The van der Waals surface area contributed by atoms with Gasteiger partial charge in [0.25, 0.3) is 0 Å². The lowest BCUT2D eigenvalue weighted by molar-refractivity contribution is -0.417. The topological polar surface area (TPSA) is 72.2 Å². The van der Waals surface area contributed by atoms with Crippen LogP contribution >= 0.6 is 0 Å². The molecule has 5 heteroatoms. The van der Waals surface area contributed by atoms with Crippen molar-refractivity contribution in [3.8, 4) is 0 Å². The van der Waals surface area contributed by atoms with Crippen LogP contribution in [0.2, 0.25) is 0 Å². The van der Waals surface area contributed by atoms with Gasteiger partial charge in [0, 0.05) is 5.69 Å². The number of hydrogen-bond donors (Lipinski definition) is 1. The van der Waals surface area contributed by atoms with Gasteiger partial charge in [0.15, 0.2) is 0 Å². The second-order valence-electron chi connectivity index (χ2n) is 3.46. The summed E-state index contributed by atoms with van der Waals surface area (Å²) in [6, 6.07) is 5.67. The largest absolute Gasteiger partial charge is 0.356 e.